The fraction of sp³-hybridized carbons (Fsp3) is 0.263. The lowest BCUT2D eigenvalue weighted by Crippen LogP contribution is -2.24. The first kappa shape index (κ1) is 14.8. The average molecular weight is 322 g/mol. The minimum Gasteiger partial charge on any atom is -0.454 e. The molecule has 2 aromatic carbocycles. The Hall–Kier alpha value is -2.82. The summed E-state index contributed by atoms with van der Waals surface area (Å²) in [6.07, 6.45) is 0.683. The highest BCUT2D eigenvalue weighted by Gasteiger charge is 2.32. The molecule has 1 atom stereocenters. The van der Waals surface area contributed by atoms with Crippen LogP contribution in [-0.4, -0.2) is 23.4 Å². The van der Waals surface area contributed by atoms with Gasteiger partial charge in [-0.15, -0.1) is 0 Å². The number of amides is 1. The Morgan fingerprint density at radius 2 is 2.00 bits per heavy atom. The zero-order valence-electron chi connectivity index (χ0n) is 13.7. The Labute approximate surface area is 140 Å². The van der Waals surface area contributed by atoms with Crippen molar-refractivity contribution in [3.63, 3.8) is 0 Å². The van der Waals surface area contributed by atoms with Crippen molar-refractivity contribution in [1.29, 1.82) is 0 Å². The number of hydrogen-bond acceptors (Lipinski definition) is 4. The van der Waals surface area contributed by atoms with Crippen LogP contribution >= 0.6 is 0 Å². The van der Waals surface area contributed by atoms with Crippen LogP contribution in [0.4, 0.5) is 0 Å². The van der Waals surface area contributed by atoms with Crippen molar-refractivity contribution in [2.24, 2.45) is 5.10 Å². The first-order chi connectivity index (χ1) is 11.6. The smallest absolute Gasteiger partial charge is 0.240 e. The number of carbonyl (C=O) groups is 1. The lowest BCUT2D eigenvalue weighted by molar-refractivity contribution is -0.130. The van der Waals surface area contributed by atoms with E-state index < -0.39 is 0 Å². The Balaban J connectivity index is 1.68. The van der Waals surface area contributed by atoms with Crippen molar-refractivity contribution in [3.8, 4) is 11.5 Å². The van der Waals surface area contributed by atoms with E-state index in [-0.39, 0.29) is 18.7 Å². The summed E-state index contributed by atoms with van der Waals surface area (Å²) in [4.78, 5) is 12.1. The van der Waals surface area contributed by atoms with E-state index in [0.717, 1.165) is 28.3 Å². The molecule has 5 heteroatoms. The second-order valence-corrected chi connectivity index (χ2v) is 6.11. The Bertz CT molecular complexity index is 844. The van der Waals surface area contributed by atoms with Gasteiger partial charge in [-0.1, -0.05) is 29.8 Å². The number of ether oxygens (including phenoxy) is 2. The number of rotatable bonds is 2. The van der Waals surface area contributed by atoms with Gasteiger partial charge in [0.25, 0.3) is 0 Å². The number of nitrogens with zero attached hydrogens (tertiary/aromatic N) is 2. The molecular weight excluding hydrogens is 304 g/mol. The van der Waals surface area contributed by atoms with E-state index in [2.05, 4.69) is 24.2 Å². The summed E-state index contributed by atoms with van der Waals surface area (Å²) in [5, 5.41) is 6.15. The van der Waals surface area contributed by atoms with Crippen molar-refractivity contribution in [2.45, 2.75) is 26.3 Å². The zero-order chi connectivity index (χ0) is 16.7. The van der Waals surface area contributed by atoms with Crippen LogP contribution in [0.15, 0.2) is 47.6 Å². The number of aryl methyl sites for hydroxylation is 1. The topological polar surface area (TPSA) is 51.1 Å². The SMILES string of the molecule is CC(=O)N1N=C(c2ccc3c(c2)OCO3)CC1c1cccc(C)c1. The molecule has 2 aliphatic rings. The third-order valence-corrected chi connectivity index (χ3v) is 4.37. The molecule has 2 aliphatic heterocycles. The van der Waals surface area contributed by atoms with E-state index in [1.54, 1.807) is 11.9 Å². The van der Waals surface area contributed by atoms with Crippen LogP contribution in [0.2, 0.25) is 0 Å². The monoisotopic (exact) mass is 322 g/mol. The van der Waals surface area contributed by atoms with Gasteiger partial charge in [0.1, 0.15) is 0 Å². The lowest BCUT2D eigenvalue weighted by Gasteiger charge is -2.20. The minimum atomic E-state index is -0.0668. The quantitative estimate of drug-likeness (QED) is 0.851. The van der Waals surface area contributed by atoms with E-state index in [4.69, 9.17) is 9.47 Å². The Morgan fingerprint density at radius 3 is 2.79 bits per heavy atom. The van der Waals surface area contributed by atoms with Crippen LogP contribution in [0.5, 0.6) is 11.5 Å². The molecule has 0 spiro atoms. The molecule has 0 N–H and O–H groups in total. The van der Waals surface area contributed by atoms with E-state index in [0.29, 0.717) is 6.42 Å². The van der Waals surface area contributed by atoms with Crippen molar-refractivity contribution >= 4 is 11.6 Å². The second-order valence-electron chi connectivity index (χ2n) is 6.11. The molecule has 1 unspecified atom stereocenters. The molecule has 0 bridgehead atoms. The Morgan fingerprint density at radius 1 is 1.17 bits per heavy atom. The van der Waals surface area contributed by atoms with Crippen LogP contribution < -0.4 is 9.47 Å². The summed E-state index contributed by atoms with van der Waals surface area (Å²) in [7, 11) is 0. The summed E-state index contributed by atoms with van der Waals surface area (Å²) in [5.41, 5.74) is 4.12. The van der Waals surface area contributed by atoms with Crippen LogP contribution in [0.1, 0.15) is 36.1 Å². The maximum absolute atomic E-state index is 12.1. The molecule has 0 radical (unpaired) electrons. The highest BCUT2D eigenvalue weighted by molar-refractivity contribution is 6.03. The third kappa shape index (κ3) is 2.52. The summed E-state index contributed by atoms with van der Waals surface area (Å²) >= 11 is 0. The largest absolute Gasteiger partial charge is 0.454 e. The number of hydrogen-bond donors (Lipinski definition) is 0. The van der Waals surface area contributed by atoms with Gasteiger partial charge in [-0.2, -0.15) is 5.10 Å². The van der Waals surface area contributed by atoms with Gasteiger partial charge in [-0.3, -0.25) is 4.79 Å². The fourth-order valence-electron chi connectivity index (χ4n) is 3.19. The molecule has 122 valence electrons. The molecule has 0 fully saturated rings. The molecule has 0 saturated heterocycles. The van der Waals surface area contributed by atoms with E-state index in [1.165, 1.54) is 5.56 Å². The normalized spacial score (nSPS) is 18.7. The van der Waals surface area contributed by atoms with Gasteiger partial charge in [0.2, 0.25) is 12.7 Å². The van der Waals surface area contributed by atoms with Gasteiger partial charge in [-0.05, 0) is 30.7 Å². The van der Waals surface area contributed by atoms with Gasteiger partial charge in [0, 0.05) is 18.9 Å². The molecule has 2 aromatic rings. The highest BCUT2D eigenvalue weighted by Crippen LogP contribution is 2.37. The first-order valence-electron chi connectivity index (χ1n) is 7.96. The van der Waals surface area contributed by atoms with Crippen molar-refractivity contribution < 1.29 is 14.3 Å². The zero-order valence-corrected chi connectivity index (χ0v) is 13.7. The number of hydrazone groups is 1. The van der Waals surface area contributed by atoms with Crippen molar-refractivity contribution in [2.75, 3.05) is 6.79 Å². The average Bonchev–Trinajstić information content (AvgIpc) is 3.21. The molecule has 5 nitrogen and oxygen atoms in total. The predicted octanol–water partition coefficient (Wildman–Crippen LogP) is 3.42. The molecule has 24 heavy (non-hydrogen) atoms. The fourth-order valence-corrected chi connectivity index (χ4v) is 3.19. The minimum absolute atomic E-state index is 0.0581. The third-order valence-electron chi connectivity index (χ3n) is 4.37. The Kier molecular flexibility index (Phi) is 3.49. The molecule has 0 aromatic heterocycles. The summed E-state index contributed by atoms with van der Waals surface area (Å²) in [5.74, 6) is 1.41. The molecule has 0 aliphatic carbocycles. The number of carbonyl (C=O) groups excluding carboxylic acids is 1. The van der Waals surface area contributed by atoms with Gasteiger partial charge >= 0.3 is 0 Å². The summed E-state index contributed by atoms with van der Waals surface area (Å²) < 4.78 is 10.8. The van der Waals surface area contributed by atoms with Crippen LogP contribution in [0, 0.1) is 6.92 Å². The van der Waals surface area contributed by atoms with Gasteiger partial charge < -0.3 is 9.47 Å². The van der Waals surface area contributed by atoms with Crippen LogP contribution in [0.25, 0.3) is 0 Å². The maximum Gasteiger partial charge on any atom is 0.240 e. The van der Waals surface area contributed by atoms with Crippen molar-refractivity contribution in [1.82, 2.24) is 5.01 Å². The molecular formula is C19H18N2O3. The van der Waals surface area contributed by atoms with Gasteiger partial charge in [-0.25, -0.2) is 5.01 Å². The lowest BCUT2D eigenvalue weighted by atomic mass is 9.97. The maximum atomic E-state index is 12.1. The van der Waals surface area contributed by atoms with Crippen molar-refractivity contribution in [3.05, 3.63) is 59.2 Å². The molecule has 1 amide bonds. The molecule has 4 rings (SSSR count). The number of fused-ring (bicyclic) bond motifs is 1. The van der Waals surface area contributed by atoms with E-state index in [1.807, 2.05) is 30.3 Å². The standard InChI is InChI=1S/C19H18N2O3/c1-12-4-3-5-15(8-12)17-10-16(20-21(17)13(2)22)14-6-7-18-19(9-14)24-11-23-18/h3-9,17H,10-11H2,1-2H3. The summed E-state index contributed by atoms with van der Waals surface area (Å²) in [6, 6.07) is 13.9. The predicted molar refractivity (Wildman–Crippen MR) is 90.2 cm³/mol. The summed E-state index contributed by atoms with van der Waals surface area (Å²) in [6.45, 7) is 3.85. The van der Waals surface area contributed by atoms with Crippen LogP contribution in [0.3, 0.4) is 0 Å². The van der Waals surface area contributed by atoms with E-state index in [9.17, 15) is 4.79 Å². The second kappa shape index (κ2) is 5.67. The van der Waals surface area contributed by atoms with Crippen LogP contribution in [-0.2, 0) is 4.79 Å². The first-order valence-corrected chi connectivity index (χ1v) is 7.96. The van der Waals surface area contributed by atoms with Gasteiger partial charge in [0.15, 0.2) is 11.5 Å². The number of benzene rings is 2. The molecule has 0 saturated carbocycles. The van der Waals surface area contributed by atoms with E-state index >= 15 is 0 Å². The van der Waals surface area contributed by atoms with Gasteiger partial charge in [0.05, 0.1) is 11.8 Å². The molecule has 2 heterocycles. The highest BCUT2D eigenvalue weighted by atomic mass is 16.7.